The molecule has 0 spiro atoms. The van der Waals surface area contributed by atoms with Gasteiger partial charge in [0, 0.05) is 31.6 Å². The first-order chi connectivity index (χ1) is 12.6. The van der Waals surface area contributed by atoms with Gasteiger partial charge in [-0.05, 0) is 25.0 Å². The maximum Gasteiger partial charge on any atom is 0.254 e. The number of nitrogens with zero attached hydrogens (tertiary/aromatic N) is 1. The van der Waals surface area contributed by atoms with E-state index in [2.05, 4.69) is 5.32 Å². The van der Waals surface area contributed by atoms with E-state index in [1.165, 1.54) is 37.4 Å². The number of ether oxygens (including phenoxy) is 1. The van der Waals surface area contributed by atoms with Crippen LogP contribution in [0.25, 0.3) is 0 Å². The Morgan fingerprint density at radius 2 is 1.88 bits per heavy atom. The maximum absolute atomic E-state index is 13.0. The van der Waals surface area contributed by atoms with E-state index in [-0.39, 0.29) is 11.8 Å². The third-order valence-corrected chi connectivity index (χ3v) is 5.87. The second kappa shape index (κ2) is 11.2. The van der Waals surface area contributed by atoms with Gasteiger partial charge in [0.2, 0.25) is 5.91 Å². The summed E-state index contributed by atoms with van der Waals surface area (Å²) in [6, 6.07) is 7.90. The molecule has 0 bridgehead atoms. The number of nitrogens with one attached hydrogen (secondary N) is 1. The predicted octanol–water partition coefficient (Wildman–Crippen LogP) is 3.34. The largest absolute Gasteiger partial charge is 0.383 e. The highest BCUT2D eigenvalue weighted by Gasteiger charge is 2.24. The molecule has 2 amide bonds. The molecule has 0 heterocycles. The van der Waals surface area contributed by atoms with Gasteiger partial charge in [-0.25, -0.2) is 0 Å². The van der Waals surface area contributed by atoms with Crippen LogP contribution in [0.4, 0.5) is 0 Å². The number of hydrogen-bond donors (Lipinski definition) is 1. The minimum Gasteiger partial charge on any atom is -0.383 e. The van der Waals surface area contributed by atoms with Crippen molar-refractivity contribution in [3.05, 3.63) is 29.8 Å². The Morgan fingerprint density at radius 3 is 2.58 bits per heavy atom. The number of carbonyl (C=O) groups is 2. The molecule has 1 aromatic rings. The molecule has 5 nitrogen and oxygen atoms in total. The average molecular weight is 379 g/mol. The van der Waals surface area contributed by atoms with Crippen molar-refractivity contribution in [1.82, 2.24) is 10.2 Å². The third-order valence-electron chi connectivity index (χ3n) is 4.80. The Labute approximate surface area is 160 Å². The van der Waals surface area contributed by atoms with Gasteiger partial charge in [0.1, 0.15) is 0 Å². The molecule has 1 fully saturated rings. The van der Waals surface area contributed by atoms with Crippen molar-refractivity contribution >= 4 is 23.6 Å². The fourth-order valence-electron chi connectivity index (χ4n) is 3.26. The van der Waals surface area contributed by atoms with Gasteiger partial charge in [0.15, 0.2) is 0 Å². The zero-order valence-corrected chi connectivity index (χ0v) is 16.6. The molecule has 144 valence electrons. The van der Waals surface area contributed by atoms with Crippen LogP contribution in [0.1, 0.15) is 48.9 Å². The quantitative estimate of drug-likeness (QED) is 0.428. The number of hydrogen-bond acceptors (Lipinski definition) is 4. The van der Waals surface area contributed by atoms with E-state index in [0.29, 0.717) is 30.5 Å². The fraction of sp³-hybridized carbons (Fsp3) is 0.600. The summed E-state index contributed by atoms with van der Waals surface area (Å²) >= 11 is 1.41. The first-order valence-electron chi connectivity index (χ1n) is 9.38. The lowest BCUT2D eigenvalue weighted by Crippen LogP contribution is -2.37. The molecule has 2 rings (SSSR count). The van der Waals surface area contributed by atoms with Crippen LogP contribution >= 0.6 is 11.8 Å². The van der Waals surface area contributed by atoms with Crippen LogP contribution in [-0.2, 0) is 9.53 Å². The molecule has 6 heteroatoms. The number of benzene rings is 1. The fourth-order valence-corrected chi connectivity index (χ4v) is 4.13. The molecule has 0 saturated heterocycles. The van der Waals surface area contributed by atoms with E-state index in [1.54, 1.807) is 7.11 Å². The van der Waals surface area contributed by atoms with Gasteiger partial charge in [0.05, 0.1) is 17.9 Å². The van der Waals surface area contributed by atoms with E-state index >= 15 is 0 Å². The SMILES string of the molecule is COCCNC(=O)CSc1ccccc1C(=O)N(C)C1CCCCCC1. The van der Waals surface area contributed by atoms with Crippen molar-refractivity contribution in [2.45, 2.75) is 49.5 Å². The van der Waals surface area contributed by atoms with Crippen molar-refractivity contribution in [2.75, 3.05) is 33.1 Å². The summed E-state index contributed by atoms with van der Waals surface area (Å²) in [5.74, 6) is 0.299. The topological polar surface area (TPSA) is 58.6 Å². The average Bonchev–Trinajstić information content (AvgIpc) is 2.95. The summed E-state index contributed by atoms with van der Waals surface area (Å²) in [6.45, 7) is 0.999. The second-order valence-electron chi connectivity index (χ2n) is 6.69. The Kier molecular flexibility index (Phi) is 8.98. The molecule has 0 unspecified atom stereocenters. The summed E-state index contributed by atoms with van der Waals surface area (Å²) in [7, 11) is 3.52. The van der Waals surface area contributed by atoms with Gasteiger partial charge in [-0.1, -0.05) is 37.8 Å². The van der Waals surface area contributed by atoms with Crippen LogP contribution in [0.3, 0.4) is 0 Å². The zero-order valence-electron chi connectivity index (χ0n) is 15.8. The van der Waals surface area contributed by atoms with Crippen molar-refractivity contribution < 1.29 is 14.3 Å². The normalized spacial score (nSPS) is 15.3. The summed E-state index contributed by atoms with van der Waals surface area (Å²) in [4.78, 5) is 27.7. The molecule has 0 aliphatic heterocycles. The number of amides is 2. The van der Waals surface area contributed by atoms with Crippen LogP contribution in [-0.4, -0.2) is 55.8 Å². The molecule has 26 heavy (non-hydrogen) atoms. The van der Waals surface area contributed by atoms with E-state index in [9.17, 15) is 9.59 Å². The Hall–Kier alpha value is -1.53. The molecule has 1 aliphatic rings. The van der Waals surface area contributed by atoms with E-state index in [1.807, 2.05) is 36.2 Å². The van der Waals surface area contributed by atoms with Gasteiger partial charge in [-0.3, -0.25) is 9.59 Å². The number of rotatable bonds is 8. The van der Waals surface area contributed by atoms with E-state index < -0.39 is 0 Å². The highest BCUT2D eigenvalue weighted by atomic mass is 32.2. The molecule has 0 atom stereocenters. The molecule has 1 aromatic carbocycles. The summed E-state index contributed by atoms with van der Waals surface area (Å²) in [6.07, 6.45) is 7.09. The third kappa shape index (κ3) is 6.32. The minimum atomic E-state index is -0.0496. The molecular formula is C20H30N2O3S. The summed E-state index contributed by atoms with van der Waals surface area (Å²) < 4.78 is 4.93. The Morgan fingerprint density at radius 1 is 1.19 bits per heavy atom. The smallest absolute Gasteiger partial charge is 0.254 e. The highest BCUT2D eigenvalue weighted by molar-refractivity contribution is 8.00. The highest BCUT2D eigenvalue weighted by Crippen LogP contribution is 2.26. The monoisotopic (exact) mass is 378 g/mol. The van der Waals surface area contributed by atoms with Gasteiger partial charge < -0.3 is 15.0 Å². The van der Waals surface area contributed by atoms with E-state index in [0.717, 1.165) is 17.7 Å². The van der Waals surface area contributed by atoms with Gasteiger partial charge in [-0.2, -0.15) is 0 Å². The van der Waals surface area contributed by atoms with Crippen molar-refractivity contribution in [3.8, 4) is 0 Å². The first-order valence-corrected chi connectivity index (χ1v) is 10.4. The number of thioether (sulfide) groups is 1. The Bertz CT molecular complexity index is 586. The second-order valence-corrected chi connectivity index (χ2v) is 7.71. The van der Waals surface area contributed by atoms with Crippen LogP contribution in [0.15, 0.2) is 29.2 Å². The van der Waals surface area contributed by atoms with Gasteiger partial charge in [-0.15, -0.1) is 11.8 Å². The molecule has 1 aliphatic carbocycles. The molecular weight excluding hydrogens is 348 g/mol. The Balaban J connectivity index is 1.98. The maximum atomic E-state index is 13.0. The lowest BCUT2D eigenvalue weighted by Gasteiger charge is -2.28. The lowest BCUT2D eigenvalue weighted by molar-refractivity contribution is -0.118. The number of methoxy groups -OCH3 is 1. The lowest BCUT2D eigenvalue weighted by atomic mass is 10.1. The summed E-state index contributed by atoms with van der Waals surface area (Å²) in [5, 5.41) is 2.80. The molecule has 0 radical (unpaired) electrons. The molecule has 1 N–H and O–H groups in total. The van der Waals surface area contributed by atoms with Crippen molar-refractivity contribution in [1.29, 1.82) is 0 Å². The standard InChI is InChI=1S/C20H30N2O3S/c1-22(16-9-5-3-4-6-10-16)20(24)17-11-7-8-12-18(17)26-15-19(23)21-13-14-25-2/h7-8,11-12,16H,3-6,9-10,13-15H2,1-2H3,(H,21,23). The molecule has 1 saturated carbocycles. The minimum absolute atomic E-state index is 0.0496. The van der Waals surface area contributed by atoms with Crippen molar-refractivity contribution in [2.24, 2.45) is 0 Å². The summed E-state index contributed by atoms with van der Waals surface area (Å²) in [5.41, 5.74) is 0.689. The van der Waals surface area contributed by atoms with Crippen molar-refractivity contribution in [3.63, 3.8) is 0 Å². The molecule has 0 aromatic heterocycles. The van der Waals surface area contributed by atoms with Gasteiger partial charge >= 0.3 is 0 Å². The van der Waals surface area contributed by atoms with Gasteiger partial charge in [0.25, 0.3) is 5.91 Å². The van der Waals surface area contributed by atoms with Crippen LogP contribution < -0.4 is 5.32 Å². The van der Waals surface area contributed by atoms with E-state index in [4.69, 9.17) is 4.74 Å². The van der Waals surface area contributed by atoms with Crippen LogP contribution in [0.5, 0.6) is 0 Å². The first kappa shape index (κ1) is 20.8. The number of carbonyl (C=O) groups excluding carboxylic acids is 2. The van der Waals surface area contributed by atoms with Crippen LogP contribution in [0.2, 0.25) is 0 Å². The predicted molar refractivity (Wildman–Crippen MR) is 106 cm³/mol. The van der Waals surface area contributed by atoms with Crippen LogP contribution in [0, 0.1) is 0 Å². The zero-order chi connectivity index (χ0) is 18.8.